The summed E-state index contributed by atoms with van der Waals surface area (Å²) in [6.07, 6.45) is 1.02. The second kappa shape index (κ2) is 5.62. The van der Waals surface area contributed by atoms with Crippen LogP contribution in [0.4, 0.5) is 11.8 Å². The van der Waals surface area contributed by atoms with Crippen LogP contribution < -0.4 is 16.2 Å². The van der Waals surface area contributed by atoms with Crippen LogP contribution in [0.5, 0.6) is 0 Å². The molecule has 3 heterocycles. The highest BCUT2D eigenvalue weighted by molar-refractivity contribution is 8.00. The van der Waals surface area contributed by atoms with E-state index in [-0.39, 0.29) is 4.75 Å². The summed E-state index contributed by atoms with van der Waals surface area (Å²) in [5.41, 5.74) is 2.60. The second-order valence-corrected chi connectivity index (χ2v) is 8.75. The molecule has 3 rings (SSSR count). The highest BCUT2D eigenvalue weighted by Gasteiger charge is 2.29. The Morgan fingerprint density at radius 1 is 1.43 bits per heavy atom. The summed E-state index contributed by atoms with van der Waals surface area (Å²) in [6.45, 7) is 8.75. The molecule has 0 aromatic carbocycles. The molecule has 0 radical (unpaired) electrons. The first-order valence-corrected chi connectivity index (χ1v) is 8.98. The Balaban J connectivity index is 2.09. The fraction of sp³-hybridized carbons (Fsp3) is 0.571. The van der Waals surface area contributed by atoms with Crippen molar-refractivity contribution < 1.29 is 0 Å². The summed E-state index contributed by atoms with van der Waals surface area (Å²) in [6, 6.07) is 2.23. The number of thiophene rings is 1. The van der Waals surface area contributed by atoms with Gasteiger partial charge in [-0.2, -0.15) is 16.7 Å². The number of aromatic nitrogens is 2. The number of nitrogen functional groups attached to an aromatic ring is 1. The average Bonchev–Trinajstić information content (AvgIpc) is 2.88. The molecule has 114 valence electrons. The van der Waals surface area contributed by atoms with Crippen LogP contribution in [0.1, 0.15) is 25.6 Å². The Kier molecular flexibility index (Phi) is 3.98. The minimum Gasteiger partial charge on any atom is -0.354 e. The summed E-state index contributed by atoms with van der Waals surface area (Å²) >= 11 is 3.75. The van der Waals surface area contributed by atoms with Crippen LogP contribution in [0.15, 0.2) is 6.07 Å². The molecule has 1 saturated heterocycles. The molecule has 1 fully saturated rings. The van der Waals surface area contributed by atoms with Crippen molar-refractivity contribution in [2.75, 3.05) is 29.2 Å². The van der Waals surface area contributed by atoms with Crippen molar-refractivity contribution in [3.63, 3.8) is 0 Å². The Morgan fingerprint density at radius 2 is 2.24 bits per heavy atom. The maximum absolute atomic E-state index is 5.54. The molecule has 2 aromatic rings. The topological polar surface area (TPSA) is 67.1 Å². The number of rotatable bonds is 3. The largest absolute Gasteiger partial charge is 0.354 e. The lowest BCUT2D eigenvalue weighted by atomic mass is 10.1. The number of anilines is 2. The Morgan fingerprint density at radius 3 is 2.90 bits per heavy atom. The van der Waals surface area contributed by atoms with E-state index in [1.165, 1.54) is 4.88 Å². The maximum atomic E-state index is 5.54. The quantitative estimate of drug-likeness (QED) is 0.669. The van der Waals surface area contributed by atoms with Gasteiger partial charge in [-0.1, -0.05) is 6.92 Å². The number of nitrogens with one attached hydrogen (secondary N) is 1. The summed E-state index contributed by atoms with van der Waals surface area (Å²) < 4.78 is 0.245. The van der Waals surface area contributed by atoms with Gasteiger partial charge < -0.3 is 4.90 Å². The zero-order chi connectivity index (χ0) is 15.0. The predicted octanol–water partition coefficient (Wildman–Crippen LogP) is 2.87. The number of hydrogen-bond acceptors (Lipinski definition) is 7. The van der Waals surface area contributed by atoms with Crippen LogP contribution in [-0.2, 0) is 6.42 Å². The van der Waals surface area contributed by atoms with E-state index in [0.717, 1.165) is 41.3 Å². The fourth-order valence-electron chi connectivity index (χ4n) is 2.63. The van der Waals surface area contributed by atoms with Crippen LogP contribution in [0.2, 0.25) is 0 Å². The minimum atomic E-state index is 0.245. The first-order chi connectivity index (χ1) is 10.0. The van der Waals surface area contributed by atoms with Crippen LogP contribution in [0.3, 0.4) is 0 Å². The maximum Gasteiger partial charge on any atom is 0.240 e. The van der Waals surface area contributed by atoms with E-state index in [2.05, 4.69) is 47.1 Å². The average molecular weight is 323 g/mol. The van der Waals surface area contributed by atoms with Crippen molar-refractivity contribution in [2.24, 2.45) is 5.84 Å². The summed E-state index contributed by atoms with van der Waals surface area (Å²) in [4.78, 5) is 13.8. The standard InChI is InChI=1S/C14H21N5S2/c1-4-9-7-10-11(16-13(18-15)17-12(10)21-9)19-5-6-20-14(2,3)8-19/h7H,4-6,8,15H2,1-3H3,(H,16,17,18). The summed E-state index contributed by atoms with van der Waals surface area (Å²) in [7, 11) is 0. The highest BCUT2D eigenvalue weighted by Crippen LogP contribution is 2.36. The van der Waals surface area contributed by atoms with Gasteiger partial charge in [0, 0.05) is 28.5 Å². The van der Waals surface area contributed by atoms with Gasteiger partial charge in [0.2, 0.25) is 5.95 Å². The minimum absolute atomic E-state index is 0.245. The molecule has 0 atom stereocenters. The molecule has 3 N–H and O–H groups in total. The smallest absolute Gasteiger partial charge is 0.240 e. The van der Waals surface area contributed by atoms with Crippen molar-refractivity contribution in [1.29, 1.82) is 0 Å². The van der Waals surface area contributed by atoms with E-state index in [0.29, 0.717) is 5.95 Å². The molecular formula is C14H21N5S2. The van der Waals surface area contributed by atoms with E-state index in [9.17, 15) is 0 Å². The first kappa shape index (κ1) is 14.9. The van der Waals surface area contributed by atoms with Crippen molar-refractivity contribution in [1.82, 2.24) is 9.97 Å². The highest BCUT2D eigenvalue weighted by atomic mass is 32.2. The van der Waals surface area contributed by atoms with Crippen molar-refractivity contribution >= 4 is 45.1 Å². The number of nitrogens with zero attached hydrogens (tertiary/aromatic N) is 3. The molecule has 0 unspecified atom stereocenters. The van der Waals surface area contributed by atoms with E-state index in [4.69, 9.17) is 5.84 Å². The third-order valence-corrected chi connectivity index (χ3v) is 6.10. The SMILES string of the molecule is CCc1cc2c(N3CCSC(C)(C)C3)nc(NN)nc2s1. The van der Waals surface area contributed by atoms with E-state index >= 15 is 0 Å². The molecular weight excluding hydrogens is 302 g/mol. The molecule has 0 spiro atoms. The molecule has 1 aliphatic rings. The first-order valence-electron chi connectivity index (χ1n) is 7.18. The van der Waals surface area contributed by atoms with Crippen molar-refractivity contribution in [2.45, 2.75) is 31.9 Å². The van der Waals surface area contributed by atoms with Gasteiger partial charge in [0.1, 0.15) is 10.6 Å². The van der Waals surface area contributed by atoms with Crippen LogP contribution in [-0.4, -0.2) is 33.6 Å². The van der Waals surface area contributed by atoms with Gasteiger partial charge in [-0.15, -0.1) is 11.3 Å². The number of nitrogens with two attached hydrogens (primary N) is 1. The molecule has 0 saturated carbocycles. The molecule has 2 aromatic heterocycles. The lowest BCUT2D eigenvalue weighted by Crippen LogP contribution is -2.43. The molecule has 0 bridgehead atoms. The van der Waals surface area contributed by atoms with Gasteiger partial charge in [0.15, 0.2) is 0 Å². The lowest BCUT2D eigenvalue weighted by molar-refractivity contribution is 0.644. The van der Waals surface area contributed by atoms with Crippen LogP contribution in [0.25, 0.3) is 10.2 Å². The third-order valence-electron chi connectivity index (χ3n) is 3.63. The summed E-state index contributed by atoms with van der Waals surface area (Å²) in [5, 5.41) is 1.15. The molecule has 1 aliphatic heterocycles. The Labute approximate surface area is 133 Å². The normalized spacial score (nSPS) is 18.2. The molecule has 0 amide bonds. The number of aryl methyl sites for hydroxylation is 1. The number of hydrogen-bond donors (Lipinski definition) is 2. The number of fused-ring (bicyclic) bond motifs is 1. The van der Waals surface area contributed by atoms with Gasteiger partial charge >= 0.3 is 0 Å². The van der Waals surface area contributed by atoms with Crippen LogP contribution >= 0.6 is 23.1 Å². The van der Waals surface area contributed by atoms with Crippen molar-refractivity contribution in [3.8, 4) is 0 Å². The van der Waals surface area contributed by atoms with Crippen molar-refractivity contribution in [3.05, 3.63) is 10.9 Å². The van der Waals surface area contributed by atoms with Crippen LogP contribution in [0, 0.1) is 0 Å². The fourth-order valence-corrected chi connectivity index (χ4v) is 4.71. The van der Waals surface area contributed by atoms with Gasteiger partial charge in [0.05, 0.1) is 5.39 Å². The zero-order valence-corrected chi connectivity index (χ0v) is 14.3. The summed E-state index contributed by atoms with van der Waals surface area (Å²) in [5.74, 6) is 8.17. The Hall–Kier alpha value is -1.05. The van der Waals surface area contributed by atoms with Gasteiger partial charge in [-0.3, -0.25) is 5.43 Å². The third kappa shape index (κ3) is 2.95. The lowest BCUT2D eigenvalue weighted by Gasteiger charge is -2.38. The van der Waals surface area contributed by atoms with Gasteiger partial charge in [-0.05, 0) is 26.3 Å². The monoisotopic (exact) mass is 323 g/mol. The van der Waals surface area contributed by atoms with E-state index < -0.39 is 0 Å². The van der Waals surface area contributed by atoms with E-state index in [1.807, 2.05) is 11.8 Å². The molecule has 21 heavy (non-hydrogen) atoms. The zero-order valence-electron chi connectivity index (χ0n) is 12.6. The van der Waals surface area contributed by atoms with Gasteiger partial charge in [-0.25, -0.2) is 10.8 Å². The predicted molar refractivity (Wildman–Crippen MR) is 93.4 cm³/mol. The van der Waals surface area contributed by atoms with E-state index in [1.54, 1.807) is 11.3 Å². The number of hydrazine groups is 1. The van der Waals surface area contributed by atoms with Gasteiger partial charge in [0.25, 0.3) is 0 Å². The second-order valence-electron chi connectivity index (χ2n) is 5.83. The molecule has 5 nitrogen and oxygen atoms in total. The number of thioether (sulfide) groups is 1. The molecule has 7 heteroatoms. The Bertz CT molecular complexity index is 652. The molecule has 0 aliphatic carbocycles.